The molecule has 0 radical (unpaired) electrons. The molecule has 7 heteroatoms. The van der Waals surface area contributed by atoms with Crippen LogP contribution in [0.4, 0.5) is 0 Å². The van der Waals surface area contributed by atoms with Crippen LogP contribution in [0, 0.1) is 12.1 Å². The van der Waals surface area contributed by atoms with Crippen LogP contribution in [0.25, 0.3) is 22.4 Å². The number of nitrogens with zero attached hydrogens (tertiary/aromatic N) is 2. The third kappa shape index (κ3) is 3.65. The van der Waals surface area contributed by atoms with Crippen molar-refractivity contribution in [2.24, 2.45) is 0 Å². The maximum absolute atomic E-state index is 11.9. The predicted octanol–water partition coefficient (Wildman–Crippen LogP) is 3.41. The van der Waals surface area contributed by atoms with E-state index in [-0.39, 0.29) is 4.90 Å². The van der Waals surface area contributed by atoms with Gasteiger partial charge >= 0.3 is 0 Å². The van der Waals surface area contributed by atoms with Gasteiger partial charge in [0.05, 0.1) is 21.2 Å². The topological polar surface area (TPSA) is 74.0 Å². The number of aromatic nitrogens is 2. The lowest BCUT2D eigenvalue weighted by Gasteiger charge is -2.10. The molecule has 1 aromatic carbocycles. The first kappa shape index (κ1) is 17.4. The van der Waals surface area contributed by atoms with E-state index >= 15 is 0 Å². The number of halogens is 1. The molecule has 3 rings (SSSR count). The van der Waals surface area contributed by atoms with Gasteiger partial charge in [0, 0.05) is 31.0 Å². The van der Waals surface area contributed by atoms with E-state index in [0.29, 0.717) is 22.0 Å². The molecule has 0 spiro atoms. The van der Waals surface area contributed by atoms with Crippen molar-refractivity contribution in [3.8, 4) is 22.4 Å². The van der Waals surface area contributed by atoms with Gasteiger partial charge in [-0.3, -0.25) is 4.98 Å². The molecular weight excluding hydrogens is 360 g/mol. The Morgan fingerprint density at radius 1 is 1.08 bits per heavy atom. The standard InChI is InChI=1S/C18H15ClN2O3S/c1-12-3-4-14(11-21(12)22)18-17(9-15(19)10-20-18)13-5-7-16(8-6-13)25(2,23)24/h3-11H,1-2H3. The minimum absolute atomic E-state index is 0.237. The summed E-state index contributed by atoms with van der Waals surface area (Å²) in [5.74, 6) is 0. The molecule has 2 heterocycles. The minimum atomic E-state index is -3.27. The molecule has 128 valence electrons. The molecule has 0 aliphatic carbocycles. The number of sulfone groups is 1. The summed E-state index contributed by atoms with van der Waals surface area (Å²) in [6.07, 6.45) is 4.13. The molecule has 0 aliphatic rings. The Kier molecular flexibility index (Phi) is 4.49. The second-order valence-electron chi connectivity index (χ2n) is 5.73. The number of benzene rings is 1. The number of hydrogen-bond donors (Lipinski definition) is 0. The van der Waals surface area contributed by atoms with Crippen molar-refractivity contribution in [3.05, 3.63) is 70.8 Å². The molecule has 3 aromatic rings. The van der Waals surface area contributed by atoms with Crippen LogP contribution >= 0.6 is 11.6 Å². The highest BCUT2D eigenvalue weighted by Gasteiger charge is 2.14. The van der Waals surface area contributed by atoms with Crippen molar-refractivity contribution < 1.29 is 13.1 Å². The third-order valence-electron chi connectivity index (χ3n) is 3.83. The fraction of sp³-hybridized carbons (Fsp3) is 0.111. The molecule has 0 saturated heterocycles. The number of hydrogen-bond acceptors (Lipinski definition) is 4. The Hall–Kier alpha value is -2.44. The van der Waals surface area contributed by atoms with E-state index in [1.165, 1.54) is 24.5 Å². The van der Waals surface area contributed by atoms with E-state index in [0.717, 1.165) is 22.1 Å². The van der Waals surface area contributed by atoms with Crippen molar-refractivity contribution in [2.75, 3.05) is 6.26 Å². The molecule has 0 N–H and O–H groups in total. The first-order chi connectivity index (χ1) is 11.8. The van der Waals surface area contributed by atoms with Crippen molar-refractivity contribution >= 4 is 21.4 Å². The molecular formula is C18H15ClN2O3S. The SMILES string of the molecule is Cc1ccc(-c2ncc(Cl)cc2-c2ccc(S(C)(=O)=O)cc2)c[n+]1[O-]. The number of rotatable bonds is 3. The maximum Gasteiger partial charge on any atom is 0.190 e. The molecule has 5 nitrogen and oxygen atoms in total. The highest BCUT2D eigenvalue weighted by molar-refractivity contribution is 7.90. The number of aryl methyl sites for hydroxylation is 1. The van der Waals surface area contributed by atoms with Crippen LogP contribution < -0.4 is 4.73 Å². The Morgan fingerprint density at radius 2 is 1.72 bits per heavy atom. The van der Waals surface area contributed by atoms with E-state index in [9.17, 15) is 13.6 Å². The number of pyridine rings is 2. The first-order valence-electron chi connectivity index (χ1n) is 7.42. The monoisotopic (exact) mass is 374 g/mol. The van der Waals surface area contributed by atoms with E-state index in [1.807, 2.05) is 6.07 Å². The summed E-state index contributed by atoms with van der Waals surface area (Å²) < 4.78 is 24.0. The second-order valence-corrected chi connectivity index (χ2v) is 8.18. The van der Waals surface area contributed by atoms with Crippen LogP contribution in [0.2, 0.25) is 5.02 Å². The Morgan fingerprint density at radius 3 is 2.32 bits per heavy atom. The van der Waals surface area contributed by atoms with Gasteiger partial charge in [-0.2, -0.15) is 4.73 Å². The van der Waals surface area contributed by atoms with Gasteiger partial charge in [-0.15, -0.1) is 0 Å². The molecule has 0 saturated carbocycles. The van der Waals surface area contributed by atoms with E-state index < -0.39 is 9.84 Å². The lowest BCUT2D eigenvalue weighted by Crippen LogP contribution is -2.29. The lowest BCUT2D eigenvalue weighted by molar-refractivity contribution is -0.611. The molecule has 0 amide bonds. The Bertz CT molecular complexity index is 1050. The van der Waals surface area contributed by atoms with Gasteiger partial charge in [0.25, 0.3) is 0 Å². The summed E-state index contributed by atoms with van der Waals surface area (Å²) in [6, 6.07) is 11.8. The molecule has 25 heavy (non-hydrogen) atoms. The van der Waals surface area contributed by atoms with E-state index in [2.05, 4.69) is 4.98 Å². The summed E-state index contributed by atoms with van der Waals surface area (Å²) in [7, 11) is -3.27. The summed E-state index contributed by atoms with van der Waals surface area (Å²) in [5.41, 5.74) is 3.31. The molecule has 0 unspecified atom stereocenters. The second kappa shape index (κ2) is 6.46. The van der Waals surface area contributed by atoms with Crippen LogP contribution in [-0.4, -0.2) is 19.7 Å². The van der Waals surface area contributed by atoms with Gasteiger partial charge in [0.15, 0.2) is 21.7 Å². The fourth-order valence-electron chi connectivity index (χ4n) is 2.47. The molecule has 2 aromatic heterocycles. The molecule has 0 bridgehead atoms. The summed E-state index contributed by atoms with van der Waals surface area (Å²) in [5, 5.41) is 12.3. The Balaban J connectivity index is 2.16. The Labute approximate surface area is 151 Å². The van der Waals surface area contributed by atoms with Gasteiger partial charge in [-0.25, -0.2) is 8.42 Å². The fourth-order valence-corrected chi connectivity index (χ4v) is 3.25. The van der Waals surface area contributed by atoms with Gasteiger partial charge in [-0.05, 0) is 29.8 Å². The van der Waals surface area contributed by atoms with Crippen LogP contribution in [-0.2, 0) is 9.84 Å². The lowest BCUT2D eigenvalue weighted by atomic mass is 10.0. The normalized spacial score (nSPS) is 11.5. The van der Waals surface area contributed by atoms with Crippen LogP contribution in [0.1, 0.15) is 5.69 Å². The van der Waals surface area contributed by atoms with Gasteiger partial charge < -0.3 is 5.21 Å². The van der Waals surface area contributed by atoms with Gasteiger partial charge in [0.2, 0.25) is 0 Å². The highest BCUT2D eigenvalue weighted by atomic mass is 35.5. The van der Waals surface area contributed by atoms with Crippen LogP contribution in [0.3, 0.4) is 0 Å². The van der Waals surface area contributed by atoms with E-state index in [4.69, 9.17) is 11.6 Å². The smallest absolute Gasteiger partial charge is 0.190 e. The van der Waals surface area contributed by atoms with Crippen molar-refractivity contribution in [1.29, 1.82) is 0 Å². The minimum Gasteiger partial charge on any atom is -0.618 e. The average molecular weight is 375 g/mol. The van der Waals surface area contributed by atoms with Crippen molar-refractivity contribution in [3.63, 3.8) is 0 Å². The van der Waals surface area contributed by atoms with Gasteiger partial charge in [-0.1, -0.05) is 23.7 Å². The summed E-state index contributed by atoms with van der Waals surface area (Å²) in [4.78, 5) is 4.60. The van der Waals surface area contributed by atoms with Crippen LogP contribution in [0.5, 0.6) is 0 Å². The van der Waals surface area contributed by atoms with Crippen molar-refractivity contribution in [2.45, 2.75) is 11.8 Å². The molecule has 0 atom stereocenters. The highest BCUT2D eigenvalue weighted by Crippen LogP contribution is 2.32. The van der Waals surface area contributed by atoms with Crippen molar-refractivity contribution in [1.82, 2.24) is 4.98 Å². The zero-order valence-electron chi connectivity index (χ0n) is 13.6. The zero-order chi connectivity index (χ0) is 18.2. The summed E-state index contributed by atoms with van der Waals surface area (Å²) >= 11 is 6.09. The largest absolute Gasteiger partial charge is 0.618 e. The maximum atomic E-state index is 11.9. The molecule has 0 aliphatic heterocycles. The molecule has 0 fully saturated rings. The predicted molar refractivity (Wildman–Crippen MR) is 96.9 cm³/mol. The third-order valence-corrected chi connectivity index (χ3v) is 5.16. The quantitative estimate of drug-likeness (QED) is 0.520. The average Bonchev–Trinajstić information content (AvgIpc) is 2.57. The van der Waals surface area contributed by atoms with E-state index in [1.54, 1.807) is 31.2 Å². The zero-order valence-corrected chi connectivity index (χ0v) is 15.2. The summed E-state index contributed by atoms with van der Waals surface area (Å²) in [6.45, 7) is 1.72. The first-order valence-corrected chi connectivity index (χ1v) is 9.69. The van der Waals surface area contributed by atoms with Crippen LogP contribution in [0.15, 0.2) is 59.8 Å². The van der Waals surface area contributed by atoms with Gasteiger partial charge in [0.1, 0.15) is 0 Å².